The normalized spacial score (nSPS) is 11.9. The van der Waals surface area contributed by atoms with Crippen LogP contribution in [0.4, 0.5) is 5.69 Å². The summed E-state index contributed by atoms with van der Waals surface area (Å²) in [5.74, 6) is 0.314. The Kier molecular flexibility index (Phi) is 6.28. The first-order chi connectivity index (χ1) is 12.5. The number of anilines is 1. The van der Waals surface area contributed by atoms with Crippen molar-refractivity contribution in [3.63, 3.8) is 0 Å². The first kappa shape index (κ1) is 20.9. The Labute approximate surface area is 161 Å². The zero-order valence-corrected chi connectivity index (χ0v) is 17.1. The summed E-state index contributed by atoms with van der Waals surface area (Å²) < 4.78 is 33.1. The molecule has 2 aromatic carbocycles. The van der Waals surface area contributed by atoms with Crippen LogP contribution in [0.25, 0.3) is 0 Å². The number of carbonyl (C=O) groups excluding carboxylic acids is 1. The molecule has 2 N–H and O–H groups in total. The van der Waals surface area contributed by atoms with Gasteiger partial charge in [0, 0.05) is 11.2 Å². The van der Waals surface area contributed by atoms with Crippen LogP contribution in [0.2, 0.25) is 0 Å². The van der Waals surface area contributed by atoms with E-state index < -0.39 is 15.6 Å². The lowest BCUT2D eigenvalue weighted by Crippen LogP contribution is -2.40. The van der Waals surface area contributed by atoms with Crippen LogP contribution in [0.5, 0.6) is 5.75 Å². The van der Waals surface area contributed by atoms with Crippen LogP contribution in [0.15, 0.2) is 47.4 Å². The standard InChI is InChI=1S/C20H26N2O4S/c1-14-8-6-9-15(2)19(14)26-13-18(23)21-16-10-7-11-17(12-16)27(24,25)22-20(3,4)5/h6-12,22H,13H2,1-5H3,(H,21,23). The molecule has 0 unspecified atom stereocenters. The van der Waals surface area contributed by atoms with Crippen LogP contribution in [0.3, 0.4) is 0 Å². The molecule has 0 heterocycles. The third-order valence-electron chi connectivity index (χ3n) is 3.63. The van der Waals surface area contributed by atoms with Gasteiger partial charge in [-0.2, -0.15) is 0 Å². The van der Waals surface area contributed by atoms with Crippen molar-refractivity contribution in [3.05, 3.63) is 53.6 Å². The van der Waals surface area contributed by atoms with E-state index in [0.717, 1.165) is 11.1 Å². The molecule has 146 valence electrons. The van der Waals surface area contributed by atoms with Crippen molar-refractivity contribution in [1.82, 2.24) is 4.72 Å². The third-order valence-corrected chi connectivity index (χ3v) is 5.38. The van der Waals surface area contributed by atoms with Crippen molar-refractivity contribution < 1.29 is 17.9 Å². The zero-order chi connectivity index (χ0) is 20.2. The molecule has 0 saturated heterocycles. The average molecular weight is 391 g/mol. The van der Waals surface area contributed by atoms with E-state index in [4.69, 9.17) is 4.74 Å². The van der Waals surface area contributed by atoms with E-state index in [1.165, 1.54) is 12.1 Å². The first-order valence-electron chi connectivity index (χ1n) is 8.61. The maximum Gasteiger partial charge on any atom is 0.262 e. The molecule has 0 aromatic heterocycles. The van der Waals surface area contributed by atoms with E-state index in [2.05, 4.69) is 10.0 Å². The highest BCUT2D eigenvalue weighted by Gasteiger charge is 2.22. The number of hydrogen-bond acceptors (Lipinski definition) is 4. The highest BCUT2D eigenvalue weighted by atomic mass is 32.2. The van der Waals surface area contributed by atoms with Crippen LogP contribution in [-0.4, -0.2) is 26.5 Å². The summed E-state index contributed by atoms with van der Waals surface area (Å²) in [6, 6.07) is 11.9. The van der Waals surface area contributed by atoms with Crippen LogP contribution >= 0.6 is 0 Å². The molecule has 0 aliphatic carbocycles. The number of ether oxygens (including phenoxy) is 1. The quantitative estimate of drug-likeness (QED) is 0.792. The molecule has 1 amide bonds. The fourth-order valence-corrected chi connectivity index (χ4v) is 4.03. The number of rotatable bonds is 6. The summed E-state index contributed by atoms with van der Waals surface area (Å²) in [5, 5.41) is 2.67. The lowest BCUT2D eigenvalue weighted by atomic mass is 10.1. The van der Waals surface area contributed by atoms with Gasteiger partial charge in [0.1, 0.15) is 5.75 Å². The van der Waals surface area contributed by atoms with Crippen LogP contribution in [0, 0.1) is 13.8 Å². The van der Waals surface area contributed by atoms with E-state index in [1.54, 1.807) is 32.9 Å². The Balaban J connectivity index is 2.06. The maximum atomic E-state index is 12.4. The van der Waals surface area contributed by atoms with Gasteiger partial charge in [-0.1, -0.05) is 24.3 Å². The Morgan fingerprint density at radius 2 is 1.63 bits per heavy atom. The second-order valence-electron chi connectivity index (χ2n) is 7.44. The average Bonchev–Trinajstić information content (AvgIpc) is 2.52. The van der Waals surface area contributed by atoms with Gasteiger partial charge in [0.2, 0.25) is 10.0 Å². The molecule has 2 rings (SSSR count). The van der Waals surface area contributed by atoms with Gasteiger partial charge in [0.15, 0.2) is 6.61 Å². The first-order valence-corrected chi connectivity index (χ1v) is 10.1. The minimum atomic E-state index is -3.68. The van der Waals surface area contributed by atoms with Crippen molar-refractivity contribution in [2.75, 3.05) is 11.9 Å². The van der Waals surface area contributed by atoms with Crippen molar-refractivity contribution in [3.8, 4) is 5.75 Å². The predicted octanol–water partition coefficient (Wildman–Crippen LogP) is 3.40. The minimum absolute atomic E-state index is 0.0888. The fourth-order valence-electron chi connectivity index (χ4n) is 2.56. The summed E-state index contributed by atoms with van der Waals surface area (Å²) in [6.45, 7) is 8.96. The summed E-state index contributed by atoms with van der Waals surface area (Å²) in [5.41, 5.74) is 1.69. The number of nitrogens with one attached hydrogen (secondary N) is 2. The van der Waals surface area contributed by atoms with Crippen molar-refractivity contribution in [2.45, 2.75) is 45.1 Å². The predicted molar refractivity (Wildman–Crippen MR) is 107 cm³/mol. The van der Waals surface area contributed by atoms with Gasteiger partial charge in [0.25, 0.3) is 5.91 Å². The largest absolute Gasteiger partial charge is 0.483 e. The fraction of sp³-hybridized carbons (Fsp3) is 0.350. The number of hydrogen-bond donors (Lipinski definition) is 2. The molecule has 0 fully saturated rings. The molecule has 0 aliphatic heterocycles. The second kappa shape index (κ2) is 8.10. The molecule has 6 nitrogen and oxygen atoms in total. The Bertz CT molecular complexity index is 911. The zero-order valence-electron chi connectivity index (χ0n) is 16.3. The highest BCUT2D eigenvalue weighted by molar-refractivity contribution is 7.89. The number of aryl methyl sites for hydroxylation is 2. The van der Waals surface area contributed by atoms with Gasteiger partial charge in [0.05, 0.1) is 4.90 Å². The Hall–Kier alpha value is -2.38. The van der Waals surface area contributed by atoms with Crippen LogP contribution < -0.4 is 14.8 Å². The smallest absolute Gasteiger partial charge is 0.262 e. The van der Waals surface area contributed by atoms with E-state index in [-0.39, 0.29) is 17.4 Å². The number of benzene rings is 2. The number of carbonyl (C=O) groups is 1. The van der Waals surface area contributed by atoms with E-state index in [1.807, 2.05) is 32.0 Å². The topological polar surface area (TPSA) is 84.5 Å². The number of amides is 1. The Morgan fingerprint density at radius 1 is 1.04 bits per heavy atom. The molecule has 7 heteroatoms. The summed E-state index contributed by atoms with van der Waals surface area (Å²) in [4.78, 5) is 12.3. The molecular weight excluding hydrogens is 364 g/mol. The molecule has 0 atom stereocenters. The van der Waals surface area contributed by atoms with Crippen LogP contribution in [0.1, 0.15) is 31.9 Å². The molecular formula is C20H26N2O4S. The van der Waals surface area contributed by atoms with Crippen molar-refractivity contribution in [1.29, 1.82) is 0 Å². The summed E-state index contributed by atoms with van der Waals surface area (Å²) in [7, 11) is -3.68. The number of sulfonamides is 1. The molecule has 0 bridgehead atoms. The maximum absolute atomic E-state index is 12.4. The monoisotopic (exact) mass is 390 g/mol. The van der Waals surface area contributed by atoms with Gasteiger partial charge in [-0.3, -0.25) is 4.79 Å². The molecule has 0 aliphatic rings. The Morgan fingerprint density at radius 3 is 2.22 bits per heavy atom. The lowest BCUT2D eigenvalue weighted by molar-refractivity contribution is -0.118. The minimum Gasteiger partial charge on any atom is -0.483 e. The van der Waals surface area contributed by atoms with E-state index in [9.17, 15) is 13.2 Å². The van der Waals surface area contributed by atoms with Gasteiger partial charge >= 0.3 is 0 Å². The van der Waals surface area contributed by atoms with E-state index in [0.29, 0.717) is 11.4 Å². The third kappa shape index (κ3) is 6.08. The van der Waals surface area contributed by atoms with Gasteiger partial charge < -0.3 is 10.1 Å². The van der Waals surface area contributed by atoms with Crippen LogP contribution in [-0.2, 0) is 14.8 Å². The van der Waals surface area contributed by atoms with E-state index >= 15 is 0 Å². The highest BCUT2D eigenvalue weighted by Crippen LogP contribution is 2.22. The van der Waals surface area contributed by atoms with Crippen molar-refractivity contribution in [2.24, 2.45) is 0 Å². The molecule has 2 aromatic rings. The SMILES string of the molecule is Cc1cccc(C)c1OCC(=O)Nc1cccc(S(=O)(=O)NC(C)(C)C)c1. The van der Waals surface area contributed by atoms with Crippen molar-refractivity contribution >= 4 is 21.6 Å². The molecule has 0 radical (unpaired) electrons. The molecule has 0 saturated carbocycles. The van der Waals surface area contributed by atoms with Gasteiger partial charge in [-0.05, 0) is 63.9 Å². The lowest BCUT2D eigenvalue weighted by Gasteiger charge is -2.20. The second-order valence-corrected chi connectivity index (χ2v) is 9.12. The molecule has 27 heavy (non-hydrogen) atoms. The van der Waals surface area contributed by atoms with Gasteiger partial charge in [-0.15, -0.1) is 0 Å². The molecule has 0 spiro atoms. The summed E-state index contributed by atoms with van der Waals surface area (Å²) >= 11 is 0. The summed E-state index contributed by atoms with van der Waals surface area (Å²) in [6.07, 6.45) is 0. The van der Waals surface area contributed by atoms with Gasteiger partial charge in [-0.25, -0.2) is 13.1 Å². The number of para-hydroxylation sites is 1.